The van der Waals surface area contributed by atoms with Crippen molar-refractivity contribution in [2.75, 3.05) is 6.54 Å². The van der Waals surface area contributed by atoms with Crippen LogP contribution in [0.3, 0.4) is 0 Å². The first-order valence-electron chi connectivity index (χ1n) is 6.30. The van der Waals surface area contributed by atoms with Crippen molar-refractivity contribution in [3.05, 3.63) is 29.8 Å². The minimum atomic E-state index is -4.81. The summed E-state index contributed by atoms with van der Waals surface area (Å²) in [6, 6.07) is 4.32. The highest BCUT2D eigenvalue weighted by atomic mass is 19.4. The van der Waals surface area contributed by atoms with E-state index < -0.39 is 36.1 Å². The first-order chi connectivity index (χ1) is 9.90. The van der Waals surface area contributed by atoms with Crippen LogP contribution in [0.25, 0.3) is 0 Å². The predicted octanol–water partition coefficient (Wildman–Crippen LogP) is 3.55. The van der Waals surface area contributed by atoms with Gasteiger partial charge >= 0.3 is 12.5 Å². The average molecular weight is 319 g/mol. The van der Waals surface area contributed by atoms with Crippen LogP contribution in [-0.4, -0.2) is 40.3 Å². The van der Waals surface area contributed by atoms with Crippen LogP contribution in [0.5, 0.6) is 5.75 Å². The predicted molar refractivity (Wildman–Crippen MR) is 71.9 cm³/mol. The number of ether oxygens (including phenoxy) is 1. The zero-order chi connectivity index (χ0) is 17.1. The van der Waals surface area contributed by atoms with Crippen molar-refractivity contribution < 1.29 is 32.6 Å². The molecule has 0 aliphatic rings. The normalized spacial score (nSPS) is 11.9. The summed E-state index contributed by atoms with van der Waals surface area (Å²) in [5.41, 5.74) is -0.675. The number of halogens is 3. The number of hydrogen-bond acceptors (Lipinski definition) is 3. The Balaban J connectivity index is 2.84. The number of rotatable bonds is 4. The van der Waals surface area contributed by atoms with Crippen LogP contribution in [0.2, 0.25) is 0 Å². The molecule has 0 bridgehead atoms. The second-order valence-electron chi connectivity index (χ2n) is 5.53. The molecule has 22 heavy (non-hydrogen) atoms. The van der Waals surface area contributed by atoms with Gasteiger partial charge in [-0.1, -0.05) is 0 Å². The second-order valence-corrected chi connectivity index (χ2v) is 5.53. The lowest BCUT2D eigenvalue weighted by molar-refractivity contribution is -0.274. The van der Waals surface area contributed by atoms with Gasteiger partial charge in [-0.05, 0) is 45.0 Å². The molecule has 0 unspecified atom stereocenters. The third-order valence-corrected chi connectivity index (χ3v) is 2.75. The fraction of sp³-hybridized carbons (Fsp3) is 0.429. The first kappa shape index (κ1) is 17.8. The maximum absolute atomic E-state index is 12.0. The summed E-state index contributed by atoms with van der Waals surface area (Å²) >= 11 is 0. The van der Waals surface area contributed by atoms with E-state index >= 15 is 0 Å². The van der Waals surface area contributed by atoms with E-state index in [9.17, 15) is 22.8 Å². The topological polar surface area (TPSA) is 66.8 Å². The van der Waals surface area contributed by atoms with Crippen molar-refractivity contribution in [2.24, 2.45) is 0 Å². The number of carbonyl (C=O) groups is 2. The van der Waals surface area contributed by atoms with Crippen LogP contribution in [0, 0.1) is 0 Å². The van der Waals surface area contributed by atoms with E-state index in [1.807, 2.05) is 0 Å². The highest BCUT2D eigenvalue weighted by Crippen LogP contribution is 2.23. The molecule has 0 aliphatic heterocycles. The zero-order valence-electron chi connectivity index (χ0n) is 12.3. The summed E-state index contributed by atoms with van der Waals surface area (Å²) in [6.45, 7) is 4.51. The standard InChI is InChI=1S/C14H16F3NO4/c1-13(2,3)18(12(20)21)8-11(19)9-4-6-10(7-5-9)22-14(15,16)17/h4-7H,8H2,1-3H3,(H,20,21). The number of benzene rings is 1. The van der Waals surface area contributed by atoms with E-state index in [0.717, 1.165) is 29.2 Å². The Bertz CT molecular complexity index is 547. The van der Waals surface area contributed by atoms with Crippen LogP contribution in [-0.2, 0) is 0 Å². The van der Waals surface area contributed by atoms with Crippen molar-refractivity contribution in [1.29, 1.82) is 0 Å². The fourth-order valence-electron chi connectivity index (χ4n) is 1.67. The van der Waals surface area contributed by atoms with E-state index in [1.165, 1.54) is 0 Å². The molecule has 122 valence electrons. The van der Waals surface area contributed by atoms with Crippen molar-refractivity contribution in [2.45, 2.75) is 32.7 Å². The monoisotopic (exact) mass is 319 g/mol. The molecule has 0 atom stereocenters. The Morgan fingerprint density at radius 1 is 1.14 bits per heavy atom. The lowest BCUT2D eigenvalue weighted by atomic mass is 10.0. The largest absolute Gasteiger partial charge is 0.573 e. The third kappa shape index (κ3) is 5.27. The van der Waals surface area contributed by atoms with Gasteiger partial charge in [-0.15, -0.1) is 13.2 Å². The fourth-order valence-corrected chi connectivity index (χ4v) is 1.67. The van der Waals surface area contributed by atoms with Gasteiger partial charge in [-0.25, -0.2) is 4.79 Å². The van der Waals surface area contributed by atoms with E-state index in [-0.39, 0.29) is 5.56 Å². The van der Waals surface area contributed by atoms with Gasteiger partial charge in [0.25, 0.3) is 0 Å². The maximum Gasteiger partial charge on any atom is 0.573 e. The smallest absolute Gasteiger partial charge is 0.465 e. The summed E-state index contributed by atoms with van der Waals surface area (Å²) < 4.78 is 39.8. The Labute approximate surface area is 125 Å². The zero-order valence-corrected chi connectivity index (χ0v) is 12.3. The minimum absolute atomic E-state index is 0.102. The number of Topliss-reactive ketones (excluding diaryl/α,β-unsaturated/α-hetero) is 1. The number of amides is 1. The van der Waals surface area contributed by atoms with E-state index in [2.05, 4.69) is 4.74 Å². The van der Waals surface area contributed by atoms with Gasteiger partial charge in [0.1, 0.15) is 5.75 Å². The van der Waals surface area contributed by atoms with Crippen molar-refractivity contribution >= 4 is 11.9 Å². The molecular weight excluding hydrogens is 303 g/mol. The lowest BCUT2D eigenvalue weighted by Gasteiger charge is -2.32. The molecule has 1 aromatic carbocycles. The number of ketones is 1. The van der Waals surface area contributed by atoms with Gasteiger partial charge in [-0.2, -0.15) is 0 Å². The Kier molecular flexibility index (Phi) is 5.05. The molecule has 0 saturated heterocycles. The van der Waals surface area contributed by atoms with Crippen LogP contribution in [0.1, 0.15) is 31.1 Å². The highest BCUT2D eigenvalue weighted by molar-refractivity contribution is 5.99. The van der Waals surface area contributed by atoms with Crippen LogP contribution < -0.4 is 4.74 Å². The molecule has 0 aliphatic carbocycles. The van der Waals surface area contributed by atoms with Crippen molar-refractivity contribution in [1.82, 2.24) is 4.90 Å². The molecule has 0 saturated carbocycles. The summed E-state index contributed by atoms with van der Waals surface area (Å²) in [5, 5.41) is 9.11. The second kappa shape index (κ2) is 6.25. The third-order valence-electron chi connectivity index (χ3n) is 2.75. The molecule has 1 amide bonds. The van der Waals surface area contributed by atoms with Crippen LogP contribution in [0.4, 0.5) is 18.0 Å². The molecule has 0 spiro atoms. The van der Waals surface area contributed by atoms with Gasteiger partial charge in [0, 0.05) is 11.1 Å². The molecule has 0 fully saturated rings. The molecular formula is C14H16F3NO4. The van der Waals surface area contributed by atoms with Crippen molar-refractivity contribution in [3.63, 3.8) is 0 Å². The summed E-state index contributed by atoms with van der Waals surface area (Å²) in [7, 11) is 0. The van der Waals surface area contributed by atoms with Gasteiger partial charge in [0.2, 0.25) is 0 Å². The molecule has 1 aromatic rings. The molecule has 8 heteroatoms. The van der Waals surface area contributed by atoms with Crippen LogP contribution >= 0.6 is 0 Å². The molecule has 0 radical (unpaired) electrons. The van der Waals surface area contributed by atoms with Gasteiger partial charge in [-0.3, -0.25) is 9.69 Å². The SMILES string of the molecule is CC(C)(C)N(CC(=O)c1ccc(OC(F)(F)F)cc1)C(=O)O. The van der Waals surface area contributed by atoms with Gasteiger partial charge in [0.15, 0.2) is 5.78 Å². The van der Waals surface area contributed by atoms with E-state index in [0.29, 0.717) is 0 Å². The number of carboxylic acid groups (broad SMARTS) is 1. The number of nitrogens with zero attached hydrogens (tertiary/aromatic N) is 1. The number of carbonyl (C=O) groups excluding carboxylic acids is 1. The summed E-state index contributed by atoms with van der Waals surface area (Å²) in [6.07, 6.45) is -6.06. The molecule has 1 rings (SSSR count). The lowest BCUT2D eigenvalue weighted by Crippen LogP contribution is -2.47. The van der Waals surface area contributed by atoms with E-state index in [1.54, 1.807) is 20.8 Å². The molecule has 0 heterocycles. The highest BCUT2D eigenvalue weighted by Gasteiger charge is 2.31. The Morgan fingerprint density at radius 3 is 2.00 bits per heavy atom. The number of hydrogen-bond donors (Lipinski definition) is 1. The van der Waals surface area contributed by atoms with E-state index in [4.69, 9.17) is 5.11 Å². The Morgan fingerprint density at radius 2 is 1.64 bits per heavy atom. The van der Waals surface area contributed by atoms with Gasteiger partial charge in [0.05, 0.1) is 6.54 Å². The van der Waals surface area contributed by atoms with Crippen molar-refractivity contribution in [3.8, 4) is 5.75 Å². The Hall–Kier alpha value is -2.25. The molecule has 0 aromatic heterocycles. The van der Waals surface area contributed by atoms with Gasteiger partial charge < -0.3 is 9.84 Å². The molecule has 1 N–H and O–H groups in total. The number of alkyl halides is 3. The quantitative estimate of drug-likeness (QED) is 0.862. The maximum atomic E-state index is 12.0. The summed E-state index contributed by atoms with van der Waals surface area (Å²) in [4.78, 5) is 24.1. The average Bonchev–Trinajstić information content (AvgIpc) is 2.32. The van der Waals surface area contributed by atoms with Crippen LogP contribution in [0.15, 0.2) is 24.3 Å². The summed E-state index contributed by atoms with van der Waals surface area (Å²) in [5.74, 6) is -0.967. The first-order valence-corrected chi connectivity index (χ1v) is 6.30. The minimum Gasteiger partial charge on any atom is -0.465 e. The molecule has 5 nitrogen and oxygen atoms in total.